The lowest BCUT2D eigenvalue weighted by Crippen LogP contribution is -2.44. The van der Waals surface area contributed by atoms with Crippen LogP contribution in [0.15, 0.2) is 0 Å². The van der Waals surface area contributed by atoms with E-state index in [4.69, 9.17) is 4.74 Å². The van der Waals surface area contributed by atoms with E-state index in [1.54, 1.807) is 20.8 Å². The maximum Gasteiger partial charge on any atom is 0.319 e. The van der Waals surface area contributed by atoms with Crippen LogP contribution in [-0.4, -0.2) is 68.4 Å². The van der Waals surface area contributed by atoms with Gasteiger partial charge in [-0.1, -0.05) is 6.92 Å². The van der Waals surface area contributed by atoms with E-state index < -0.39 is 11.4 Å². The fourth-order valence-electron chi connectivity index (χ4n) is 1.75. The lowest BCUT2D eigenvalue weighted by atomic mass is 9.87. The summed E-state index contributed by atoms with van der Waals surface area (Å²) in [5, 5.41) is 0. The number of likely N-dealkylation sites (N-methyl/N-ethyl adjacent to an activating group) is 1. The second-order valence-corrected chi connectivity index (χ2v) is 5.85. The van der Waals surface area contributed by atoms with Gasteiger partial charge in [-0.15, -0.1) is 0 Å². The van der Waals surface area contributed by atoms with Crippen molar-refractivity contribution in [3.63, 3.8) is 0 Å². The van der Waals surface area contributed by atoms with Gasteiger partial charge in [0.25, 0.3) is 0 Å². The van der Waals surface area contributed by atoms with E-state index in [1.165, 1.54) is 0 Å². The molecule has 118 valence electrons. The first-order valence-electron chi connectivity index (χ1n) is 7.33. The van der Waals surface area contributed by atoms with Gasteiger partial charge in [0.2, 0.25) is 0 Å². The number of carbonyl (C=O) groups excluding carboxylic acids is 2. The van der Waals surface area contributed by atoms with Crippen molar-refractivity contribution < 1.29 is 14.3 Å². The SMILES string of the molecule is CCCN(CCN(C)C)CC(=O)C(C)(C)C(=O)OCC. The number of ether oxygens (including phenoxy) is 1. The zero-order chi connectivity index (χ0) is 15.8. The van der Waals surface area contributed by atoms with Crippen molar-refractivity contribution in [2.75, 3.05) is 46.9 Å². The number of nitrogens with zero attached hydrogens (tertiary/aromatic N) is 2. The largest absolute Gasteiger partial charge is 0.465 e. The Morgan fingerprint density at radius 2 is 1.65 bits per heavy atom. The van der Waals surface area contributed by atoms with Gasteiger partial charge >= 0.3 is 5.97 Å². The molecule has 0 aliphatic rings. The molecular weight excluding hydrogens is 256 g/mol. The topological polar surface area (TPSA) is 49.9 Å². The van der Waals surface area contributed by atoms with Gasteiger partial charge in [-0.05, 0) is 47.8 Å². The number of hydrogen-bond acceptors (Lipinski definition) is 5. The number of hydrogen-bond donors (Lipinski definition) is 0. The molecule has 0 fully saturated rings. The van der Waals surface area contributed by atoms with Crippen LogP contribution in [0.1, 0.15) is 34.1 Å². The normalized spacial score (nSPS) is 12.0. The van der Waals surface area contributed by atoms with E-state index in [2.05, 4.69) is 16.7 Å². The van der Waals surface area contributed by atoms with Crippen molar-refractivity contribution in [1.82, 2.24) is 9.80 Å². The van der Waals surface area contributed by atoms with E-state index >= 15 is 0 Å². The molecule has 0 atom stereocenters. The molecule has 20 heavy (non-hydrogen) atoms. The monoisotopic (exact) mass is 286 g/mol. The lowest BCUT2D eigenvalue weighted by Gasteiger charge is -2.27. The van der Waals surface area contributed by atoms with E-state index in [0.717, 1.165) is 26.1 Å². The van der Waals surface area contributed by atoms with E-state index in [9.17, 15) is 9.59 Å². The zero-order valence-electron chi connectivity index (χ0n) is 13.9. The third kappa shape index (κ3) is 6.48. The lowest BCUT2D eigenvalue weighted by molar-refractivity contribution is -0.158. The number of esters is 1. The average molecular weight is 286 g/mol. The van der Waals surface area contributed by atoms with Crippen LogP contribution in [0.3, 0.4) is 0 Å². The van der Waals surface area contributed by atoms with Crippen molar-refractivity contribution >= 4 is 11.8 Å². The summed E-state index contributed by atoms with van der Waals surface area (Å²) < 4.78 is 4.98. The van der Waals surface area contributed by atoms with Crippen LogP contribution in [0.2, 0.25) is 0 Å². The minimum Gasteiger partial charge on any atom is -0.465 e. The molecule has 5 heteroatoms. The Hall–Kier alpha value is -0.940. The highest BCUT2D eigenvalue weighted by molar-refractivity contribution is 6.03. The Labute approximate surface area is 123 Å². The fourth-order valence-corrected chi connectivity index (χ4v) is 1.75. The van der Waals surface area contributed by atoms with E-state index in [0.29, 0.717) is 13.2 Å². The highest BCUT2D eigenvalue weighted by Gasteiger charge is 2.37. The third-order valence-corrected chi connectivity index (χ3v) is 3.25. The molecular formula is C15H30N2O3. The molecule has 0 N–H and O–H groups in total. The number of rotatable bonds is 10. The van der Waals surface area contributed by atoms with Gasteiger partial charge in [0.1, 0.15) is 5.41 Å². The molecule has 0 aliphatic heterocycles. The quantitative estimate of drug-likeness (QED) is 0.449. The first-order chi connectivity index (χ1) is 9.25. The third-order valence-electron chi connectivity index (χ3n) is 3.25. The predicted octanol–water partition coefficient (Wildman–Crippen LogP) is 1.42. The molecule has 5 nitrogen and oxygen atoms in total. The second kappa shape index (κ2) is 9.08. The molecule has 0 aromatic rings. The van der Waals surface area contributed by atoms with Gasteiger partial charge in [0.05, 0.1) is 13.2 Å². The van der Waals surface area contributed by atoms with Gasteiger partial charge in [-0.3, -0.25) is 14.5 Å². The highest BCUT2D eigenvalue weighted by atomic mass is 16.5. The molecule has 0 amide bonds. The molecule has 0 saturated heterocycles. The Kier molecular flexibility index (Phi) is 8.65. The van der Waals surface area contributed by atoms with Crippen molar-refractivity contribution in [2.24, 2.45) is 5.41 Å². The Balaban J connectivity index is 4.60. The van der Waals surface area contributed by atoms with Crippen LogP contribution >= 0.6 is 0 Å². The summed E-state index contributed by atoms with van der Waals surface area (Å²) >= 11 is 0. The Morgan fingerprint density at radius 1 is 1.05 bits per heavy atom. The molecule has 0 spiro atoms. The molecule has 0 heterocycles. The van der Waals surface area contributed by atoms with Crippen molar-refractivity contribution in [2.45, 2.75) is 34.1 Å². The Bertz CT molecular complexity index is 314. The van der Waals surface area contributed by atoms with Crippen LogP contribution in [0.5, 0.6) is 0 Å². The second-order valence-electron chi connectivity index (χ2n) is 5.85. The van der Waals surface area contributed by atoms with Crippen LogP contribution < -0.4 is 0 Å². The van der Waals surface area contributed by atoms with Gasteiger partial charge in [0.15, 0.2) is 5.78 Å². The summed E-state index contributed by atoms with van der Waals surface area (Å²) in [6, 6.07) is 0. The highest BCUT2D eigenvalue weighted by Crippen LogP contribution is 2.19. The molecule has 0 aromatic carbocycles. The van der Waals surface area contributed by atoms with Gasteiger partial charge in [-0.25, -0.2) is 0 Å². The minimum absolute atomic E-state index is 0.0804. The summed E-state index contributed by atoms with van der Waals surface area (Å²) in [4.78, 5) is 28.4. The Morgan fingerprint density at radius 3 is 2.10 bits per heavy atom. The molecule has 0 aliphatic carbocycles. The first kappa shape index (κ1) is 19.1. The summed E-state index contributed by atoms with van der Waals surface area (Å²) in [7, 11) is 4.02. The number of Topliss-reactive ketones (excluding diaryl/α,β-unsaturated/α-hetero) is 1. The van der Waals surface area contributed by atoms with Crippen LogP contribution in [0, 0.1) is 5.41 Å². The van der Waals surface area contributed by atoms with Crippen molar-refractivity contribution in [3.8, 4) is 0 Å². The standard InChI is InChI=1S/C15H30N2O3/c1-7-9-17(11-10-16(5)6)12-13(18)15(3,4)14(19)20-8-2/h7-12H2,1-6H3. The average Bonchev–Trinajstić information content (AvgIpc) is 2.36. The maximum atomic E-state index is 12.4. The fraction of sp³-hybridized carbons (Fsp3) is 0.867. The molecule has 0 saturated carbocycles. The minimum atomic E-state index is -1.07. The van der Waals surface area contributed by atoms with E-state index in [1.807, 2.05) is 14.1 Å². The molecule has 0 bridgehead atoms. The molecule has 0 radical (unpaired) electrons. The van der Waals surface area contributed by atoms with Gasteiger partial charge in [-0.2, -0.15) is 0 Å². The zero-order valence-corrected chi connectivity index (χ0v) is 13.9. The van der Waals surface area contributed by atoms with E-state index in [-0.39, 0.29) is 5.78 Å². The first-order valence-corrected chi connectivity index (χ1v) is 7.33. The number of carbonyl (C=O) groups is 2. The van der Waals surface area contributed by atoms with Crippen LogP contribution in [0.4, 0.5) is 0 Å². The smallest absolute Gasteiger partial charge is 0.319 e. The summed E-state index contributed by atoms with van der Waals surface area (Å²) in [6.45, 7) is 10.3. The molecule has 0 rings (SSSR count). The predicted molar refractivity (Wildman–Crippen MR) is 80.7 cm³/mol. The van der Waals surface area contributed by atoms with Crippen LogP contribution in [-0.2, 0) is 14.3 Å². The maximum absolute atomic E-state index is 12.4. The molecule has 0 aromatic heterocycles. The van der Waals surface area contributed by atoms with Crippen molar-refractivity contribution in [3.05, 3.63) is 0 Å². The van der Waals surface area contributed by atoms with Gasteiger partial charge in [0, 0.05) is 13.1 Å². The van der Waals surface area contributed by atoms with Gasteiger partial charge < -0.3 is 9.64 Å². The summed E-state index contributed by atoms with van der Waals surface area (Å²) in [5.41, 5.74) is -1.07. The number of ketones is 1. The molecule has 0 unspecified atom stereocenters. The van der Waals surface area contributed by atoms with Crippen LogP contribution in [0.25, 0.3) is 0 Å². The van der Waals surface area contributed by atoms with Crippen molar-refractivity contribution in [1.29, 1.82) is 0 Å². The summed E-state index contributed by atoms with van der Waals surface area (Å²) in [5.74, 6) is -0.516. The summed E-state index contributed by atoms with van der Waals surface area (Å²) in [6.07, 6.45) is 0.987.